The number of nitrogens with one attached hydrogen (secondary N) is 2. The van der Waals surface area contributed by atoms with Gasteiger partial charge in [0.05, 0.1) is 11.9 Å². The number of carbonyl (C=O) groups is 1. The lowest BCUT2D eigenvalue weighted by Gasteiger charge is -2.20. The van der Waals surface area contributed by atoms with Crippen LogP contribution in [0.4, 0.5) is 11.5 Å². The molecule has 1 aromatic heterocycles. The van der Waals surface area contributed by atoms with Gasteiger partial charge in [-0.05, 0) is 38.8 Å². The van der Waals surface area contributed by atoms with Crippen LogP contribution < -0.4 is 10.6 Å². The maximum atomic E-state index is 12.1. The minimum atomic E-state index is 0.122. The number of nitrogens with zero attached hydrogens (tertiary/aromatic N) is 1. The van der Waals surface area contributed by atoms with Crippen LogP contribution in [-0.2, 0) is 4.79 Å². The van der Waals surface area contributed by atoms with E-state index in [0.29, 0.717) is 11.9 Å². The Morgan fingerprint density at radius 2 is 2.00 bits per heavy atom. The third-order valence-corrected chi connectivity index (χ3v) is 3.45. The van der Waals surface area contributed by atoms with Crippen LogP contribution in [0.5, 0.6) is 0 Å². The average molecular weight is 261 g/mol. The van der Waals surface area contributed by atoms with Gasteiger partial charge in [0.1, 0.15) is 5.82 Å². The molecule has 0 unspecified atom stereocenters. The molecule has 0 aliphatic heterocycles. The summed E-state index contributed by atoms with van der Waals surface area (Å²) < 4.78 is 0. The van der Waals surface area contributed by atoms with Gasteiger partial charge in [-0.25, -0.2) is 4.98 Å². The minimum absolute atomic E-state index is 0.122. The molecule has 104 valence electrons. The molecule has 1 fully saturated rings. The molecule has 1 heterocycles. The van der Waals surface area contributed by atoms with Gasteiger partial charge in [0, 0.05) is 12.0 Å². The first kappa shape index (κ1) is 13.8. The van der Waals surface area contributed by atoms with E-state index >= 15 is 0 Å². The third kappa shape index (κ3) is 4.23. The van der Waals surface area contributed by atoms with Gasteiger partial charge in [0.15, 0.2) is 0 Å². The van der Waals surface area contributed by atoms with E-state index in [1.807, 2.05) is 12.1 Å². The number of anilines is 2. The highest BCUT2D eigenvalue weighted by molar-refractivity contribution is 5.91. The van der Waals surface area contributed by atoms with E-state index in [1.54, 1.807) is 6.20 Å². The second-order valence-electron chi connectivity index (χ2n) is 5.56. The fraction of sp³-hybridized carbons (Fsp3) is 0.600. The zero-order chi connectivity index (χ0) is 13.7. The molecule has 0 bridgehead atoms. The Balaban J connectivity index is 1.89. The van der Waals surface area contributed by atoms with Gasteiger partial charge in [0.2, 0.25) is 5.91 Å². The standard InChI is InChI=1S/C15H23N3O/c1-11(2)17-13-8-9-14(16-10-13)18-15(19)12-6-4-3-5-7-12/h8-12,17H,3-7H2,1-2H3,(H,16,18,19). The summed E-state index contributed by atoms with van der Waals surface area (Å²) in [6.45, 7) is 4.16. The zero-order valence-corrected chi connectivity index (χ0v) is 11.8. The van der Waals surface area contributed by atoms with E-state index in [4.69, 9.17) is 0 Å². The van der Waals surface area contributed by atoms with E-state index in [-0.39, 0.29) is 11.8 Å². The lowest BCUT2D eigenvalue weighted by molar-refractivity contribution is -0.120. The molecule has 1 aromatic rings. The first-order valence-electron chi connectivity index (χ1n) is 7.18. The normalized spacial score (nSPS) is 16.4. The number of rotatable bonds is 4. The highest BCUT2D eigenvalue weighted by atomic mass is 16.1. The SMILES string of the molecule is CC(C)Nc1ccc(NC(=O)C2CCCCC2)nc1. The lowest BCUT2D eigenvalue weighted by atomic mass is 9.89. The first-order valence-corrected chi connectivity index (χ1v) is 7.18. The Bertz CT molecular complexity index is 408. The molecular formula is C15H23N3O. The van der Waals surface area contributed by atoms with Crippen molar-refractivity contribution in [1.82, 2.24) is 4.98 Å². The van der Waals surface area contributed by atoms with Gasteiger partial charge in [-0.15, -0.1) is 0 Å². The van der Waals surface area contributed by atoms with Gasteiger partial charge < -0.3 is 10.6 Å². The summed E-state index contributed by atoms with van der Waals surface area (Å²) in [6, 6.07) is 4.18. The second-order valence-corrected chi connectivity index (χ2v) is 5.56. The van der Waals surface area contributed by atoms with Crippen LogP contribution in [0.2, 0.25) is 0 Å². The van der Waals surface area contributed by atoms with Gasteiger partial charge in [-0.3, -0.25) is 4.79 Å². The Morgan fingerprint density at radius 3 is 2.58 bits per heavy atom. The van der Waals surface area contributed by atoms with E-state index < -0.39 is 0 Å². The smallest absolute Gasteiger partial charge is 0.228 e. The van der Waals surface area contributed by atoms with E-state index in [9.17, 15) is 4.79 Å². The molecule has 0 saturated heterocycles. The van der Waals surface area contributed by atoms with Crippen LogP contribution in [0.25, 0.3) is 0 Å². The summed E-state index contributed by atoms with van der Waals surface area (Å²) in [4.78, 5) is 16.3. The number of hydrogen-bond donors (Lipinski definition) is 2. The molecule has 0 spiro atoms. The van der Waals surface area contributed by atoms with Crippen LogP contribution in [-0.4, -0.2) is 16.9 Å². The number of aromatic nitrogens is 1. The summed E-state index contributed by atoms with van der Waals surface area (Å²) in [5, 5.41) is 6.19. The molecule has 0 aromatic carbocycles. The third-order valence-electron chi connectivity index (χ3n) is 3.45. The molecule has 0 atom stereocenters. The van der Waals surface area contributed by atoms with Crippen molar-refractivity contribution < 1.29 is 4.79 Å². The molecule has 1 aliphatic rings. The Hall–Kier alpha value is -1.58. The van der Waals surface area contributed by atoms with Crippen LogP contribution in [0.1, 0.15) is 46.0 Å². The van der Waals surface area contributed by atoms with Crippen LogP contribution in [0.3, 0.4) is 0 Å². The van der Waals surface area contributed by atoms with Crippen molar-refractivity contribution in [1.29, 1.82) is 0 Å². The average Bonchev–Trinajstić information content (AvgIpc) is 2.41. The molecule has 19 heavy (non-hydrogen) atoms. The maximum absolute atomic E-state index is 12.1. The van der Waals surface area contributed by atoms with Crippen molar-refractivity contribution in [3.05, 3.63) is 18.3 Å². The first-order chi connectivity index (χ1) is 9.15. The van der Waals surface area contributed by atoms with Crippen LogP contribution >= 0.6 is 0 Å². The van der Waals surface area contributed by atoms with E-state index in [0.717, 1.165) is 18.5 Å². The number of carbonyl (C=O) groups excluding carboxylic acids is 1. The van der Waals surface area contributed by atoms with Crippen molar-refractivity contribution in [2.24, 2.45) is 5.92 Å². The highest BCUT2D eigenvalue weighted by Gasteiger charge is 2.21. The molecule has 2 rings (SSSR count). The molecule has 1 aliphatic carbocycles. The van der Waals surface area contributed by atoms with E-state index in [1.165, 1.54) is 19.3 Å². The van der Waals surface area contributed by atoms with Gasteiger partial charge in [-0.1, -0.05) is 19.3 Å². The van der Waals surface area contributed by atoms with Crippen molar-refractivity contribution in [3.8, 4) is 0 Å². The summed E-state index contributed by atoms with van der Waals surface area (Å²) in [7, 11) is 0. The lowest BCUT2D eigenvalue weighted by Crippen LogP contribution is -2.25. The summed E-state index contributed by atoms with van der Waals surface area (Å²) in [5.41, 5.74) is 0.977. The second kappa shape index (κ2) is 6.55. The molecule has 4 nitrogen and oxygen atoms in total. The predicted octanol–water partition coefficient (Wildman–Crippen LogP) is 3.42. The molecule has 1 amide bonds. The minimum Gasteiger partial charge on any atom is -0.382 e. The quantitative estimate of drug-likeness (QED) is 0.873. The molecule has 0 radical (unpaired) electrons. The van der Waals surface area contributed by atoms with Crippen LogP contribution in [0.15, 0.2) is 18.3 Å². The number of hydrogen-bond acceptors (Lipinski definition) is 3. The van der Waals surface area contributed by atoms with Gasteiger partial charge in [0.25, 0.3) is 0 Å². The Morgan fingerprint density at radius 1 is 1.26 bits per heavy atom. The Labute approximate surface area is 115 Å². The van der Waals surface area contributed by atoms with Gasteiger partial charge >= 0.3 is 0 Å². The largest absolute Gasteiger partial charge is 0.382 e. The molecular weight excluding hydrogens is 238 g/mol. The summed E-state index contributed by atoms with van der Waals surface area (Å²) in [5.74, 6) is 0.936. The van der Waals surface area contributed by atoms with E-state index in [2.05, 4.69) is 29.5 Å². The fourth-order valence-electron chi connectivity index (χ4n) is 2.48. The number of amides is 1. The highest BCUT2D eigenvalue weighted by Crippen LogP contribution is 2.24. The van der Waals surface area contributed by atoms with Crippen LogP contribution in [0, 0.1) is 5.92 Å². The molecule has 1 saturated carbocycles. The predicted molar refractivity (Wildman–Crippen MR) is 78.2 cm³/mol. The number of pyridine rings is 1. The van der Waals surface area contributed by atoms with Gasteiger partial charge in [-0.2, -0.15) is 0 Å². The summed E-state index contributed by atoms with van der Waals surface area (Å²) >= 11 is 0. The van der Waals surface area contributed by atoms with Crippen molar-refractivity contribution in [2.75, 3.05) is 10.6 Å². The fourth-order valence-corrected chi connectivity index (χ4v) is 2.48. The zero-order valence-electron chi connectivity index (χ0n) is 11.8. The van der Waals surface area contributed by atoms with Crippen molar-refractivity contribution in [3.63, 3.8) is 0 Å². The molecule has 2 N–H and O–H groups in total. The maximum Gasteiger partial charge on any atom is 0.228 e. The van der Waals surface area contributed by atoms with Crippen molar-refractivity contribution >= 4 is 17.4 Å². The topological polar surface area (TPSA) is 54.0 Å². The summed E-state index contributed by atoms with van der Waals surface area (Å²) in [6.07, 6.45) is 7.39. The Kier molecular flexibility index (Phi) is 4.77. The van der Waals surface area contributed by atoms with Crippen molar-refractivity contribution in [2.45, 2.75) is 52.0 Å². The monoisotopic (exact) mass is 261 g/mol. The molecule has 4 heteroatoms.